The summed E-state index contributed by atoms with van der Waals surface area (Å²) in [5.41, 5.74) is 4.62. The third-order valence-corrected chi connectivity index (χ3v) is 6.52. The van der Waals surface area contributed by atoms with Crippen LogP contribution in [0.1, 0.15) is 11.3 Å². The lowest BCUT2D eigenvalue weighted by Gasteiger charge is -2.11. The summed E-state index contributed by atoms with van der Waals surface area (Å²) in [6.45, 7) is 7.69. The molecule has 165 valence electrons. The predicted molar refractivity (Wildman–Crippen MR) is 128 cm³/mol. The predicted octanol–water partition coefficient (Wildman–Crippen LogP) is 5.42. The molecule has 2 heterocycles. The molecule has 32 heavy (non-hydrogen) atoms. The second-order valence-corrected chi connectivity index (χ2v) is 11.0. The van der Waals surface area contributed by atoms with Crippen LogP contribution in [0.4, 0.5) is 0 Å². The standard InChI is InChI=1S/C25H28N3O3Si/c1-18-21(16-29)14-20-15-23(8-9-24(20)27-18)31-22-6-4-19(5-7-22)25-10-11-26-28(25)17-30-12-13-32(2)3/h4-11,14-15,29H,12-13,16-17H2,1-3H3. The third-order valence-electron chi connectivity index (χ3n) is 5.31. The fourth-order valence-electron chi connectivity index (χ4n) is 3.46. The molecule has 0 unspecified atom stereocenters. The Morgan fingerprint density at radius 1 is 1.00 bits per heavy atom. The van der Waals surface area contributed by atoms with Crippen molar-refractivity contribution in [3.8, 4) is 22.8 Å². The lowest BCUT2D eigenvalue weighted by atomic mass is 10.1. The molecule has 0 saturated carbocycles. The third kappa shape index (κ3) is 5.24. The van der Waals surface area contributed by atoms with Crippen LogP contribution in [0.2, 0.25) is 19.1 Å². The molecule has 2 aromatic carbocycles. The number of fused-ring (bicyclic) bond motifs is 1. The molecule has 1 N–H and O–H groups in total. The molecule has 0 aliphatic rings. The van der Waals surface area contributed by atoms with Gasteiger partial charge >= 0.3 is 0 Å². The van der Waals surface area contributed by atoms with Gasteiger partial charge in [0.05, 0.1) is 17.8 Å². The number of nitrogens with zero attached hydrogens (tertiary/aromatic N) is 3. The second-order valence-electron chi connectivity index (χ2n) is 8.08. The minimum Gasteiger partial charge on any atom is -0.457 e. The lowest BCUT2D eigenvalue weighted by Crippen LogP contribution is -2.10. The van der Waals surface area contributed by atoms with Crippen LogP contribution in [0.25, 0.3) is 22.2 Å². The first-order valence-corrected chi connectivity index (χ1v) is 13.4. The van der Waals surface area contributed by atoms with E-state index in [0.29, 0.717) is 6.73 Å². The average Bonchev–Trinajstić information content (AvgIpc) is 3.25. The van der Waals surface area contributed by atoms with Crippen LogP contribution in [-0.2, 0) is 18.1 Å². The van der Waals surface area contributed by atoms with Gasteiger partial charge in [-0.1, -0.05) is 13.1 Å². The number of aliphatic hydroxyl groups excluding tert-OH is 1. The number of aromatic nitrogens is 3. The summed E-state index contributed by atoms with van der Waals surface area (Å²) >= 11 is 0. The Labute approximate surface area is 190 Å². The minimum absolute atomic E-state index is 0.0259. The van der Waals surface area contributed by atoms with E-state index in [1.54, 1.807) is 6.20 Å². The van der Waals surface area contributed by atoms with Crippen molar-refractivity contribution in [2.45, 2.75) is 39.4 Å². The molecule has 0 amide bonds. The first-order valence-electron chi connectivity index (χ1n) is 10.7. The summed E-state index contributed by atoms with van der Waals surface area (Å²) in [7, 11) is -0.268. The molecule has 4 rings (SSSR count). The fourth-order valence-corrected chi connectivity index (χ4v) is 4.01. The van der Waals surface area contributed by atoms with Crippen LogP contribution in [0.5, 0.6) is 11.5 Å². The van der Waals surface area contributed by atoms with E-state index in [0.717, 1.165) is 57.6 Å². The summed E-state index contributed by atoms with van der Waals surface area (Å²) < 4.78 is 13.7. The van der Waals surface area contributed by atoms with Crippen molar-refractivity contribution in [2.24, 2.45) is 0 Å². The highest BCUT2D eigenvalue weighted by atomic mass is 28.3. The Balaban J connectivity index is 1.46. The lowest BCUT2D eigenvalue weighted by molar-refractivity contribution is 0.0801. The fraction of sp³-hybridized carbons (Fsp3) is 0.280. The van der Waals surface area contributed by atoms with Crippen LogP contribution in [0.15, 0.2) is 60.8 Å². The molecule has 0 bridgehead atoms. The van der Waals surface area contributed by atoms with Crippen molar-refractivity contribution >= 4 is 19.7 Å². The first-order chi connectivity index (χ1) is 15.5. The smallest absolute Gasteiger partial charge is 0.139 e. The number of ether oxygens (including phenoxy) is 2. The normalized spacial score (nSPS) is 11.4. The van der Waals surface area contributed by atoms with Gasteiger partial charge in [-0.15, -0.1) is 0 Å². The van der Waals surface area contributed by atoms with Crippen LogP contribution >= 0.6 is 0 Å². The molecule has 2 aromatic heterocycles. The zero-order valence-electron chi connectivity index (χ0n) is 18.7. The highest BCUT2D eigenvalue weighted by Crippen LogP contribution is 2.28. The maximum absolute atomic E-state index is 9.50. The van der Waals surface area contributed by atoms with Gasteiger partial charge in [-0.2, -0.15) is 5.10 Å². The van der Waals surface area contributed by atoms with Crippen LogP contribution in [0, 0.1) is 6.92 Å². The zero-order chi connectivity index (χ0) is 22.5. The van der Waals surface area contributed by atoms with Crippen molar-refractivity contribution in [3.63, 3.8) is 0 Å². The van der Waals surface area contributed by atoms with E-state index in [1.165, 1.54) is 0 Å². The Kier molecular flexibility index (Phi) is 6.99. The van der Waals surface area contributed by atoms with E-state index in [4.69, 9.17) is 9.47 Å². The van der Waals surface area contributed by atoms with Crippen molar-refractivity contribution in [2.75, 3.05) is 6.61 Å². The van der Waals surface area contributed by atoms with E-state index in [9.17, 15) is 5.11 Å². The second kappa shape index (κ2) is 10.1. The van der Waals surface area contributed by atoms with Gasteiger partial charge in [0.1, 0.15) is 18.2 Å². The van der Waals surface area contributed by atoms with Gasteiger partial charge in [-0.3, -0.25) is 4.98 Å². The van der Waals surface area contributed by atoms with E-state index in [1.807, 2.05) is 66.2 Å². The molecule has 1 radical (unpaired) electrons. The van der Waals surface area contributed by atoms with E-state index in [-0.39, 0.29) is 15.4 Å². The monoisotopic (exact) mass is 446 g/mol. The molecule has 0 fully saturated rings. The molecule has 0 aliphatic heterocycles. The average molecular weight is 447 g/mol. The SMILES string of the molecule is Cc1nc2ccc(Oc3ccc(-c4ccnn4COCC[Si](C)C)cc3)cc2cc1CO. The maximum Gasteiger partial charge on any atom is 0.139 e. The first kappa shape index (κ1) is 22.2. The molecule has 4 aromatic rings. The van der Waals surface area contributed by atoms with Gasteiger partial charge < -0.3 is 14.6 Å². The highest BCUT2D eigenvalue weighted by molar-refractivity contribution is 6.55. The number of hydrogen-bond donors (Lipinski definition) is 1. The molecule has 0 atom stereocenters. The number of benzene rings is 2. The van der Waals surface area contributed by atoms with Crippen molar-refractivity contribution in [3.05, 3.63) is 72.1 Å². The van der Waals surface area contributed by atoms with Gasteiger partial charge in [-0.25, -0.2) is 4.68 Å². The number of pyridine rings is 1. The van der Waals surface area contributed by atoms with Crippen molar-refractivity contribution < 1.29 is 14.6 Å². The van der Waals surface area contributed by atoms with E-state index in [2.05, 4.69) is 23.2 Å². The summed E-state index contributed by atoms with van der Waals surface area (Å²) in [6, 6.07) is 18.8. The van der Waals surface area contributed by atoms with Gasteiger partial charge in [-0.05, 0) is 73.1 Å². The maximum atomic E-state index is 9.50. The van der Waals surface area contributed by atoms with Crippen molar-refractivity contribution in [1.29, 1.82) is 0 Å². The van der Waals surface area contributed by atoms with E-state index >= 15 is 0 Å². The topological polar surface area (TPSA) is 69.4 Å². The van der Waals surface area contributed by atoms with Gasteiger partial charge in [0.15, 0.2) is 0 Å². The Morgan fingerprint density at radius 3 is 2.53 bits per heavy atom. The minimum atomic E-state index is -0.268. The van der Waals surface area contributed by atoms with Gasteiger partial charge in [0.2, 0.25) is 0 Å². The van der Waals surface area contributed by atoms with E-state index < -0.39 is 0 Å². The molecule has 6 nitrogen and oxygen atoms in total. The summed E-state index contributed by atoms with van der Waals surface area (Å²) in [4.78, 5) is 4.55. The summed E-state index contributed by atoms with van der Waals surface area (Å²) in [5.74, 6) is 1.48. The largest absolute Gasteiger partial charge is 0.457 e. The van der Waals surface area contributed by atoms with Crippen LogP contribution in [0.3, 0.4) is 0 Å². The molecular formula is C25H28N3O3Si. The molecule has 7 heteroatoms. The Morgan fingerprint density at radius 2 is 1.78 bits per heavy atom. The Hall–Kier alpha value is -3.00. The zero-order valence-corrected chi connectivity index (χ0v) is 19.7. The number of rotatable bonds is 9. The summed E-state index contributed by atoms with van der Waals surface area (Å²) in [5, 5.41) is 14.8. The number of aryl methyl sites for hydroxylation is 1. The highest BCUT2D eigenvalue weighted by Gasteiger charge is 2.08. The molecule has 0 saturated heterocycles. The number of aliphatic hydroxyl groups is 1. The molecular weight excluding hydrogens is 418 g/mol. The van der Waals surface area contributed by atoms with Gasteiger partial charge in [0, 0.05) is 38.2 Å². The Bertz CT molecular complexity index is 1190. The number of hydrogen-bond acceptors (Lipinski definition) is 5. The summed E-state index contributed by atoms with van der Waals surface area (Å²) in [6.07, 6.45) is 1.80. The van der Waals surface area contributed by atoms with Gasteiger partial charge in [0.25, 0.3) is 0 Å². The quantitative estimate of drug-likeness (QED) is 0.275. The molecule has 0 aliphatic carbocycles. The van der Waals surface area contributed by atoms with Crippen molar-refractivity contribution in [1.82, 2.24) is 14.8 Å². The van der Waals surface area contributed by atoms with Crippen LogP contribution in [-0.4, -0.2) is 35.3 Å². The van der Waals surface area contributed by atoms with Crippen LogP contribution < -0.4 is 4.74 Å². The molecule has 0 spiro atoms.